The highest BCUT2D eigenvalue weighted by molar-refractivity contribution is 6.06. The van der Waals surface area contributed by atoms with E-state index in [1.54, 1.807) is 18.7 Å². The monoisotopic (exact) mass is 273 g/mol. The number of nitrogens with two attached hydrogens (primary N) is 1. The number of hydrogen-bond acceptors (Lipinski definition) is 4. The highest BCUT2D eigenvalue weighted by Crippen LogP contribution is 2.30. The second-order valence-electron chi connectivity index (χ2n) is 5.41. The van der Waals surface area contributed by atoms with Crippen LogP contribution in [0.15, 0.2) is 5.16 Å². The minimum Gasteiger partial charge on any atom is -0.409 e. The molecule has 0 aromatic carbocycles. The fourth-order valence-electron chi connectivity index (χ4n) is 2.22. The zero-order valence-electron chi connectivity index (χ0n) is 12.6. The molecule has 0 fully saturated rings. The molecule has 0 unspecified atom stereocenters. The number of aliphatic hydroxyl groups is 1. The number of likely N-dealkylation sites (N-methyl/N-ethyl adjacent to an activating group) is 1. The van der Waals surface area contributed by atoms with Crippen molar-refractivity contribution in [3.63, 3.8) is 0 Å². The van der Waals surface area contributed by atoms with Gasteiger partial charge in [-0.15, -0.1) is 0 Å². The standard InChI is InChI=1S/C13H27N3O3/c1-6-13(7-2,10(14)15-19)11(17)16(8-3)9-12(4,5)18/h18-19H,6-9H2,1-5H3,(H2,14,15). The Morgan fingerprint density at radius 1 is 1.26 bits per heavy atom. The molecular weight excluding hydrogens is 246 g/mol. The van der Waals surface area contributed by atoms with E-state index in [-0.39, 0.29) is 18.3 Å². The van der Waals surface area contributed by atoms with Gasteiger partial charge in [0.15, 0.2) is 5.84 Å². The Bertz CT molecular complexity index is 331. The predicted molar refractivity (Wildman–Crippen MR) is 75.0 cm³/mol. The molecule has 0 radical (unpaired) electrons. The van der Waals surface area contributed by atoms with Gasteiger partial charge < -0.3 is 20.9 Å². The van der Waals surface area contributed by atoms with Crippen molar-refractivity contribution in [2.24, 2.45) is 16.3 Å². The number of carbonyl (C=O) groups is 1. The first kappa shape index (κ1) is 17.7. The van der Waals surface area contributed by atoms with Gasteiger partial charge in [0, 0.05) is 13.1 Å². The van der Waals surface area contributed by atoms with Crippen LogP contribution >= 0.6 is 0 Å². The third-order valence-electron chi connectivity index (χ3n) is 3.46. The summed E-state index contributed by atoms with van der Waals surface area (Å²) in [7, 11) is 0. The van der Waals surface area contributed by atoms with Gasteiger partial charge in [-0.3, -0.25) is 4.79 Å². The van der Waals surface area contributed by atoms with Crippen molar-refractivity contribution in [1.82, 2.24) is 4.90 Å². The first-order chi connectivity index (χ1) is 8.68. The van der Waals surface area contributed by atoms with E-state index in [9.17, 15) is 9.90 Å². The summed E-state index contributed by atoms with van der Waals surface area (Å²) in [6.45, 7) is 9.46. The lowest BCUT2D eigenvalue weighted by molar-refractivity contribution is -0.141. The van der Waals surface area contributed by atoms with Crippen molar-refractivity contribution in [2.45, 2.75) is 53.1 Å². The Morgan fingerprint density at radius 2 is 1.74 bits per heavy atom. The van der Waals surface area contributed by atoms with Crippen LogP contribution in [0.3, 0.4) is 0 Å². The van der Waals surface area contributed by atoms with Gasteiger partial charge in [-0.2, -0.15) is 0 Å². The molecule has 0 saturated carbocycles. The third-order valence-corrected chi connectivity index (χ3v) is 3.46. The van der Waals surface area contributed by atoms with E-state index in [4.69, 9.17) is 10.9 Å². The van der Waals surface area contributed by atoms with E-state index in [1.165, 1.54) is 0 Å². The molecule has 0 aliphatic carbocycles. The molecule has 19 heavy (non-hydrogen) atoms. The number of rotatable bonds is 7. The van der Waals surface area contributed by atoms with Gasteiger partial charge in [0.25, 0.3) is 0 Å². The van der Waals surface area contributed by atoms with Gasteiger partial charge in [0.1, 0.15) is 5.41 Å². The van der Waals surface area contributed by atoms with Crippen molar-refractivity contribution in [3.8, 4) is 0 Å². The Hall–Kier alpha value is -1.30. The molecule has 4 N–H and O–H groups in total. The van der Waals surface area contributed by atoms with Gasteiger partial charge in [0.05, 0.1) is 5.60 Å². The molecule has 6 heteroatoms. The predicted octanol–water partition coefficient (Wildman–Crippen LogP) is 1.16. The van der Waals surface area contributed by atoms with E-state index in [1.807, 2.05) is 20.8 Å². The molecule has 1 amide bonds. The fraction of sp³-hybridized carbons (Fsp3) is 0.846. The molecule has 0 saturated heterocycles. The number of amides is 1. The van der Waals surface area contributed by atoms with E-state index < -0.39 is 11.0 Å². The van der Waals surface area contributed by atoms with Crippen molar-refractivity contribution in [1.29, 1.82) is 0 Å². The molecule has 0 aromatic heterocycles. The highest BCUT2D eigenvalue weighted by Gasteiger charge is 2.43. The SMILES string of the molecule is CCN(CC(C)(C)O)C(=O)C(CC)(CC)C(N)=NO. The molecule has 0 heterocycles. The number of oxime groups is 1. The summed E-state index contributed by atoms with van der Waals surface area (Å²) >= 11 is 0. The fourth-order valence-corrected chi connectivity index (χ4v) is 2.22. The molecule has 0 bridgehead atoms. The highest BCUT2D eigenvalue weighted by atomic mass is 16.4. The van der Waals surface area contributed by atoms with E-state index in [0.29, 0.717) is 19.4 Å². The second-order valence-corrected chi connectivity index (χ2v) is 5.41. The second kappa shape index (κ2) is 6.75. The van der Waals surface area contributed by atoms with Gasteiger partial charge in [-0.05, 0) is 33.6 Å². The van der Waals surface area contributed by atoms with E-state index >= 15 is 0 Å². The number of carbonyl (C=O) groups excluding carboxylic acids is 1. The molecule has 0 aliphatic rings. The molecule has 112 valence electrons. The van der Waals surface area contributed by atoms with Gasteiger partial charge >= 0.3 is 0 Å². The van der Waals surface area contributed by atoms with Crippen molar-refractivity contribution < 1.29 is 15.1 Å². The molecule has 0 aliphatic heterocycles. The van der Waals surface area contributed by atoms with Crippen LogP contribution in [0.2, 0.25) is 0 Å². The van der Waals surface area contributed by atoms with Crippen LogP contribution < -0.4 is 5.73 Å². The van der Waals surface area contributed by atoms with Crippen LogP contribution in [0.5, 0.6) is 0 Å². The number of amidine groups is 1. The Morgan fingerprint density at radius 3 is 2.00 bits per heavy atom. The van der Waals surface area contributed by atoms with Gasteiger partial charge in [0.2, 0.25) is 5.91 Å². The molecule has 0 aromatic rings. The molecular formula is C13H27N3O3. The Labute approximate surface area is 115 Å². The maximum Gasteiger partial charge on any atom is 0.236 e. The maximum absolute atomic E-state index is 12.7. The van der Waals surface area contributed by atoms with Crippen molar-refractivity contribution in [3.05, 3.63) is 0 Å². The van der Waals surface area contributed by atoms with Crippen LogP contribution in [-0.4, -0.2) is 45.6 Å². The summed E-state index contributed by atoms with van der Waals surface area (Å²) in [5, 5.41) is 21.8. The average Bonchev–Trinajstić information content (AvgIpc) is 2.36. The Kier molecular flexibility index (Phi) is 6.29. The lowest BCUT2D eigenvalue weighted by Crippen LogP contribution is -2.53. The summed E-state index contributed by atoms with van der Waals surface area (Å²) in [5.41, 5.74) is 3.73. The summed E-state index contributed by atoms with van der Waals surface area (Å²) < 4.78 is 0. The lowest BCUT2D eigenvalue weighted by Gasteiger charge is -2.37. The third kappa shape index (κ3) is 4.09. The van der Waals surface area contributed by atoms with Crippen LogP contribution in [0, 0.1) is 5.41 Å². The van der Waals surface area contributed by atoms with Crippen molar-refractivity contribution in [2.75, 3.05) is 13.1 Å². The molecule has 0 atom stereocenters. The minimum absolute atomic E-state index is 0.0725. The van der Waals surface area contributed by atoms with Gasteiger partial charge in [-0.25, -0.2) is 0 Å². The summed E-state index contributed by atoms with van der Waals surface area (Å²) in [4.78, 5) is 14.2. The van der Waals surface area contributed by atoms with Crippen LogP contribution in [0.1, 0.15) is 47.5 Å². The molecule has 0 spiro atoms. The first-order valence-electron chi connectivity index (χ1n) is 6.68. The zero-order chi connectivity index (χ0) is 15.3. The summed E-state index contributed by atoms with van der Waals surface area (Å²) in [6.07, 6.45) is 0.890. The van der Waals surface area contributed by atoms with Crippen LogP contribution in [-0.2, 0) is 4.79 Å². The number of hydrogen-bond donors (Lipinski definition) is 3. The minimum atomic E-state index is -1.00. The molecule has 0 rings (SSSR count). The smallest absolute Gasteiger partial charge is 0.236 e. The molecule has 6 nitrogen and oxygen atoms in total. The lowest BCUT2D eigenvalue weighted by atomic mass is 9.79. The number of nitrogens with zero attached hydrogens (tertiary/aromatic N) is 2. The first-order valence-corrected chi connectivity index (χ1v) is 6.68. The van der Waals surface area contributed by atoms with Crippen LogP contribution in [0.4, 0.5) is 0 Å². The van der Waals surface area contributed by atoms with Gasteiger partial charge in [-0.1, -0.05) is 19.0 Å². The zero-order valence-corrected chi connectivity index (χ0v) is 12.6. The largest absolute Gasteiger partial charge is 0.409 e. The van der Waals surface area contributed by atoms with E-state index in [0.717, 1.165) is 0 Å². The van der Waals surface area contributed by atoms with Crippen molar-refractivity contribution >= 4 is 11.7 Å². The summed E-state index contributed by atoms with van der Waals surface area (Å²) in [6, 6.07) is 0. The topological polar surface area (TPSA) is 99.2 Å². The van der Waals surface area contributed by atoms with E-state index in [2.05, 4.69) is 5.16 Å². The normalized spacial score (nSPS) is 13.5. The Balaban J connectivity index is 5.40. The maximum atomic E-state index is 12.7. The summed E-state index contributed by atoms with van der Waals surface area (Å²) in [5.74, 6) is -0.283. The average molecular weight is 273 g/mol. The van der Waals surface area contributed by atoms with Crippen LogP contribution in [0.25, 0.3) is 0 Å². The quantitative estimate of drug-likeness (QED) is 0.280.